The van der Waals surface area contributed by atoms with E-state index in [4.69, 9.17) is 13.9 Å². The summed E-state index contributed by atoms with van der Waals surface area (Å²) in [6, 6.07) is 14.2. The van der Waals surface area contributed by atoms with Gasteiger partial charge in [-0.15, -0.1) is 0 Å². The number of carbonyl (C=O) groups is 2. The molecule has 2 aromatic carbocycles. The largest absolute Gasteiger partial charge is 0.445 e. The molecule has 0 saturated heterocycles. The molecule has 1 aliphatic rings. The summed E-state index contributed by atoms with van der Waals surface area (Å²) in [7, 11) is 0. The van der Waals surface area contributed by atoms with Gasteiger partial charge in [-0.25, -0.2) is 14.4 Å². The van der Waals surface area contributed by atoms with E-state index in [1.165, 1.54) is 6.07 Å². The summed E-state index contributed by atoms with van der Waals surface area (Å²) in [6.45, 7) is -0.241. The van der Waals surface area contributed by atoms with Crippen molar-refractivity contribution in [1.29, 1.82) is 0 Å². The molecule has 1 aliphatic carbocycles. The fraction of sp³-hybridized carbons (Fsp3) is 0.261. The summed E-state index contributed by atoms with van der Waals surface area (Å²) >= 11 is 0. The zero-order valence-electron chi connectivity index (χ0n) is 16.3. The molecule has 1 heterocycles. The second-order valence-corrected chi connectivity index (χ2v) is 7.10. The summed E-state index contributed by atoms with van der Waals surface area (Å²) in [5.74, 6) is -0.419. The predicted molar refractivity (Wildman–Crippen MR) is 109 cm³/mol. The van der Waals surface area contributed by atoms with Crippen LogP contribution in [0.1, 0.15) is 29.5 Å². The van der Waals surface area contributed by atoms with Gasteiger partial charge in [-0.05, 0) is 48.9 Å². The summed E-state index contributed by atoms with van der Waals surface area (Å²) < 4.78 is 15.7. The number of esters is 1. The normalized spacial score (nSPS) is 12.8. The Labute approximate surface area is 172 Å². The molecule has 4 rings (SSSR count). The third kappa shape index (κ3) is 4.51. The van der Waals surface area contributed by atoms with Gasteiger partial charge < -0.3 is 19.2 Å². The van der Waals surface area contributed by atoms with Crippen molar-refractivity contribution in [3.8, 4) is 5.75 Å². The highest BCUT2D eigenvalue weighted by atomic mass is 16.6. The van der Waals surface area contributed by atoms with Crippen LogP contribution in [0.15, 0.2) is 57.7 Å². The maximum Gasteiger partial charge on any atom is 0.407 e. The monoisotopic (exact) mass is 407 g/mol. The molecule has 1 amide bonds. The van der Waals surface area contributed by atoms with Gasteiger partial charge in [-0.3, -0.25) is 0 Å². The number of benzene rings is 2. The van der Waals surface area contributed by atoms with Gasteiger partial charge in [0.2, 0.25) is 0 Å². The molecule has 1 N–H and O–H groups in total. The van der Waals surface area contributed by atoms with Gasteiger partial charge in [0.25, 0.3) is 0 Å². The Hall–Kier alpha value is -3.61. The lowest BCUT2D eigenvalue weighted by Crippen LogP contribution is -2.32. The van der Waals surface area contributed by atoms with Crippen molar-refractivity contribution in [2.75, 3.05) is 6.54 Å². The quantitative estimate of drug-likeness (QED) is 0.395. The van der Waals surface area contributed by atoms with E-state index >= 15 is 0 Å². The number of nitrogens with one attached hydrogen (secondary N) is 1. The van der Waals surface area contributed by atoms with Crippen molar-refractivity contribution < 1.29 is 23.5 Å². The molecule has 154 valence electrons. The number of carbonyl (C=O) groups excluding carboxylic acids is 2. The Bertz CT molecular complexity index is 1140. The van der Waals surface area contributed by atoms with Crippen molar-refractivity contribution in [2.45, 2.75) is 32.3 Å². The van der Waals surface area contributed by atoms with Gasteiger partial charge in [0, 0.05) is 17.0 Å². The van der Waals surface area contributed by atoms with Gasteiger partial charge in [0.15, 0.2) is 0 Å². The minimum Gasteiger partial charge on any atom is -0.445 e. The molecule has 0 aliphatic heterocycles. The Morgan fingerprint density at radius 2 is 1.77 bits per heavy atom. The van der Waals surface area contributed by atoms with Gasteiger partial charge >= 0.3 is 17.7 Å². The first-order valence-corrected chi connectivity index (χ1v) is 9.84. The van der Waals surface area contributed by atoms with Gasteiger partial charge in [0.1, 0.15) is 24.5 Å². The predicted octanol–water partition coefficient (Wildman–Crippen LogP) is 3.50. The highest BCUT2D eigenvalue weighted by Gasteiger charge is 2.18. The minimum absolute atomic E-state index is 0.107. The molecule has 0 atom stereocenters. The number of hydrogen-bond acceptors (Lipinski definition) is 6. The molecule has 1 aromatic heterocycles. The van der Waals surface area contributed by atoms with Crippen LogP contribution in [0.4, 0.5) is 4.79 Å². The van der Waals surface area contributed by atoms with Crippen LogP contribution in [0.2, 0.25) is 0 Å². The van der Waals surface area contributed by atoms with E-state index in [2.05, 4.69) is 5.32 Å². The molecule has 0 bridgehead atoms. The van der Waals surface area contributed by atoms with Gasteiger partial charge in [-0.1, -0.05) is 30.3 Å². The number of rotatable bonds is 5. The average molecular weight is 407 g/mol. The lowest BCUT2D eigenvalue weighted by molar-refractivity contribution is -0.133. The van der Waals surface area contributed by atoms with Crippen LogP contribution in [0.3, 0.4) is 0 Å². The SMILES string of the molecule is O=C(CNC(=O)OCc1ccccc1)Oc1ccc2c3c(c(=O)oc2c1)CCCC3. The molecule has 0 fully saturated rings. The molecule has 0 radical (unpaired) electrons. The fourth-order valence-electron chi connectivity index (χ4n) is 3.58. The van der Waals surface area contributed by atoms with Crippen LogP contribution in [0.25, 0.3) is 11.0 Å². The van der Waals surface area contributed by atoms with Crippen LogP contribution in [-0.4, -0.2) is 18.6 Å². The highest BCUT2D eigenvalue weighted by molar-refractivity contribution is 5.84. The number of amides is 1. The number of alkyl carbamates (subject to hydrolysis) is 1. The Morgan fingerprint density at radius 3 is 2.57 bits per heavy atom. The maximum absolute atomic E-state index is 12.2. The topological polar surface area (TPSA) is 94.8 Å². The van der Waals surface area contributed by atoms with E-state index in [-0.39, 0.29) is 24.5 Å². The van der Waals surface area contributed by atoms with Crippen LogP contribution >= 0.6 is 0 Å². The maximum atomic E-state index is 12.2. The summed E-state index contributed by atoms with van der Waals surface area (Å²) in [5, 5.41) is 3.22. The second-order valence-electron chi connectivity index (χ2n) is 7.10. The molecule has 0 saturated carbocycles. The molecule has 0 unspecified atom stereocenters. The number of hydrogen-bond donors (Lipinski definition) is 1. The van der Waals surface area contributed by atoms with E-state index < -0.39 is 12.1 Å². The summed E-state index contributed by atoms with van der Waals surface area (Å²) in [6.07, 6.45) is 2.88. The second kappa shape index (κ2) is 8.82. The van der Waals surface area contributed by atoms with E-state index in [1.807, 2.05) is 30.3 Å². The smallest absolute Gasteiger partial charge is 0.407 e. The van der Waals surface area contributed by atoms with Crippen LogP contribution < -0.4 is 15.7 Å². The fourth-order valence-corrected chi connectivity index (χ4v) is 3.58. The van der Waals surface area contributed by atoms with Crippen LogP contribution in [-0.2, 0) is 29.0 Å². The lowest BCUT2D eigenvalue weighted by Gasteiger charge is -2.16. The molecule has 7 nitrogen and oxygen atoms in total. The minimum atomic E-state index is -0.716. The first kappa shape index (κ1) is 19.7. The van der Waals surface area contributed by atoms with Crippen molar-refractivity contribution in [1.82, 2.24) is 5.32 Å². The number of fused-ring (bicyclic) bond motifs is 3. The highest BCUT2D eigenvalue weighted by Crippen LogP contribution is 2.29. The van der Waals surface area contributed by atoms with E-state index in [0.717, 1.165) is 47.8 Å². The van der Waals surface area contributed by atoms with Crippen molar-refractivity contribution >= 4 is 23.0 Å². The average Bonchev–Trinajstić information content (AvgIpc) is 2.77. The number of aryl methyl sites for hydroxylation is 1. The van der Waals surface area contributed by atoms with Gasteiger partial charge in [-0.2, -0.15) is 0 Å². The van der Waals surface area contributed by atoms with E-state index in [9.17, 15) is 14.4 Å². The standard InChI is InChI=1S/C23H21NO6/c25-21(13-24-23(27)28-14-15-6-2-1-3-7-15)29-16-10-11-18-17-8-4-5-9-19(17)22(26)30-20(18)12-16/h1-3,6-7,10-12H,4-5,8-9,13-14H2,(H,24,27). The van der Waals surface area contributed by atoms with Crippen molar-refractivity contribution in [3.05, 3.63) is 75.6 Å². The van der Waals surface area contributed by atoms with E-state index in [0.29, 0.717) is 5.58 Å². The zero-order valence-corrected chi connectivity index (χ0v) is 16.3. The first-order chi connectivity index (χ1) is 14.6. The van der Waals surface area contributed by atoms with Crippen LogP contribution in [0, 0.1) is 0 Å². The number of ether oxygens (including phenoxy) is 2. The molecular formula is C23H21NO6. The zero-order chi connectivity index (χ0) is 20.9. The first-order valence-electron chi connectivity index (χ1n) is 9.84. The Kier molecular flexibility index (Phi) is 5.79. The van der Waals surface area contributed by atoms with Crippen molar-refractivity contribution in [2.24, 2.45) is 0 Å². The molecule has 30 heavy (non-hydrogen) atoms. The lowest BCUT2D eigenvalue weighted by atomic mass is 9.91. The Morgan fingerprint density at radius 1 is 1.00 bits per heavy atom. The van der Waals surface area contributed by atoms with Gasteiger partial charge in [0.05, 0.1) is 0 Å². The van der Waals surface area contributed by atoms with Crippen LogP contribution in [0.5, 0.6) is 5.75 Å². The molecule has 7 heteroatoms. The molecule has 0 spiro atoms. The molecule has 3 aromatic rings. The van der Waals surface area contributed by atoms with E-state index in [1.54, 1.807) is 12.1 Å². The third-order valence-electron chi connectivity index (χ3n) is 5.02. The molecular weight excluding hydrogens is 386 g/mol. The third-order valence-corrected chi connectivity index (χ3v) is 5.02. The van der Waals surface area contributed by atoms with Crippen molar-refractivity contribution in [3.63, 3.8) is 0 Å². The Balaban J connectivity index is 1.35. The summed E-state index contributed by atoms with van der Waals surface area (Å²) in [5.41, 5.74) is 2.67. The summed E-state index contributed by atoms with van der Waals surface area (Å²) in [4.78, 5) is 36.0.